The van der Waals surface area contributed by atoms with Crippen LogP contribution in [0.1, 0.15) is 58.3 Å². The van der Waals surface area contributed by atoms with Crippen LogP contribution in [0.15, 0.2) is 0 Å². The van der Waals surface area contributed by atoms with Gasteiger partial charge in [0.05, 0.1) is 5.92 Å². The van der Waals surface area contributed by atoms with Crippen LogP contribution in [-0.2, 0) is 4.79 Å². The molecule has 0 spiro atoms. The maximum Gasteiger partial charge on any atom is 0.224 e. The predicted octanol–water partition coefficient (Wildman–Crippen LogP) is 2.46. The van der Waals surface area contributed by atoms with Crippen molar-refractivity contribution < 1.29 is 4.79 Å². The lowest BCUT2D eigenvalue weighted by Crippen LogP contribution is -2.45. The van der Waals surface area contributed by atoms with Crippen LogP contribution >= 0.6 is 0 Å². The van der Waals surface area contributed by atoms with Crippen molar-refractivity contribution in [1.29, 1.82) is 0 Å². The molecule has 18 heavy (non-hydrogen) atoms. The molecule has 2 atom stereocenters. The van der Waals surface area contributed by atoms with Crippen molar-refractivity contribution in [2.24, 2.45) is 11.8 Å². The molecule has 2 fully saturated rings. The van der Waals surface area contributed by atoms with Gasteiger partial charge in [0.25, 0.3) is 0 Å². The Balaban J connectivity index is 1.77. The van der Waals surface area contributed by atoms with E-state index in [1.165, 1.54) is 38.5 Å². The molecule has 1 saturated carbocycles. The van der Waals surface area contributed by atoms with E-state index in [-0.39, 0.29) is 11.8 Å². The summed E-state index contributed by atoms with van der Waals surface area (Å²) in [5.74, 6) is 1.18. The second kappa shape index (κ2) is 7.13. The average Bonchev–Trinajstić information content (AvgIpc) is 2.68. The molecule has 3 heteroatoms. The quantitative estimate of drug-likeness (QED) is 0.758. The Morgan fingerprint density at radius 1 is 1.11 bits per heavy atom. The van der Waals surface area contributed by atoms with Gasteiger partial charge in [0.1, 0.15) is 0 Å². The fourth-order valence-electron chi connectivity index (χ4n) is 3.35. The number of carbonyl (C=O) groups is 1. The van der Waals surface area contributed by atoms with E-state index in [0.717, 1.165) is 25.9 Å². The Morgan fingerprint density at radius 3 is 2.44 bits per heavy atom. The molecule has 0 aromatic heterocycles. The Hall–Kier alpha value is -0.570. The summed E-state index contributed by atoms with van der Waals surface area (Å²) in [5, 5.41) is 6.59. The van der Waals surface area contributed by atoms with Gasteiger partial charge >= 0.3 is 0 Å². The van der Waals surface area contributed by atoms with Crippen molar-refractivity contribution in [3.05, 3.63) is 0 Å². The minimum absolute atomic E-state index is 0.201. The molecule has 0 aromatic carbocycles. The number of carbonyl (C=O) groups excluding carboxylic acids is 1. The van der Waals surface area contributed by atoms with Crippen LogP contribution in [0.2, 0.25) is 0 Å². The number of hydrogen-bond acceptors (Lipinski definition) is 2. The highest BCUT2D eigenvalue weighted by Gasteiger charge is 2.25. The van der Waals surface area contributed by atoms with Crippen molar-refractivity contribution >= 4 is 5.91 Å². The van der Waals surface area contributed by atoms with E-state index in [9.17, 15) is 4.79 Å². The number of hydrogen-bond donors (Lipinski definition) is 2. The lowest BCUT2D eigenvalue weighted by atomic mass is 9.91. The normalized spacial score (nSPS) is 28.4. The molecule has 0 radical (unpaired) electrons. The van der Waals surface area contributed by atoms with Gasteiger partial charge in [-0.1, -0.05) is 25.7 Å². The Bertz CT molecular complexity index is 253. The fourth-order valence-corrected chi connectivity index (χ4v) is 3.35. The second-order valence-electron chi connectivity index (χ2n) is 6.09. The van der Waals surface area contributed by atoms with Gasteiger partial charge in [-0.05, 0) is 45.1 Å². The molecule has 3 nitrogen and oxygen atoms in total. The van der Waals surface area contributed by atoms with Gasteiger partial charge in [-0.2, -0.15) is 0 Å². The smallest absolute Gasteiger partial charge is 0.224 e. The molecule has 2 aliphatic rings. The lowest BCUT2D eigenvalue weighted by molar-refractivity contribution is -0.126. The molecule has 104 valence electrons. The van der Waals surface area contributed by atoms with E-state index < -0.39 is 0 Å². The highest BCUT2D eigenvalue weighted by molar-refractivity contribution is 5.79. The minimum atomic E-state index is 0.201. The Morgan fingerprint density at radius 2 is 1.83 bits per heavy atom. The summed E-state index contributed by atoms with van der Waals surface area (Å²) in [6.45, 7) is 4.13. The van der Waals surface area contributed by atoms with E-state index >= 15 is 0 Å². The van der Waals surface area contributed by atoms with Gasteiger partial charge in [0.15, 0.2) is 0 Å². The van der Waals surface area contributed by atoms with Crippen molar-refractivity contribution in [3.63, 3.8) is 0 Å². The SMILES string of the molecule is C[C@@H](NC(=O)[C@@H]1CCCNC1)C1CCCCCC1. The zero-order chi connectivity index (χ0) is 12.8. The predicted molar refractivity (Wildman–Crippen MR) is 74.4 cm³/mol. The highest BCUT2D eigenvalue weighted by Crippen LogP contribution is 2.25. The van der Waals surface area contributed by atoms with Crippen molar-refractivity contribution in [3.8, 4) is 0 Å². The summed E-state index contributed by atoms with van der Waals surface area (Å²) in [6, 6.07) is 0.359. The molecule has 0 aromatic rings. The zero-order valence-corrected chi connectivity index (χ0v) is 11.7. The average molecular weight is 252 g/mol. The summed E-state index contributed by atoms with van der Waals surface area (Å²) >= 11 is 0. The first-order chi connectivity index (χ1) is 8.77. The molecule has 1 aliphatic heterocycles. The van der Waals surface area contributed by atoms with Gasteiger partial charge < -0.3 is 10.6 Å². The standard InChI is InChI=1S/C15H28N2O/c1-12(13-7-4-2-3-5-8-13)17-15(18)14-9-6-10-16-11-14/h12-14,16H,2-11H2,1H3,(H,17,18)/t12-,14-/m1/s1. The molecule has 1 heterocycles. The summed E-state index contributed by atoms with van der Waals surface area (Å²) in [7, 11) is 0. The number of piperidine rings is 1. The molecule has 1 aliphatic carbocycles. The number of rotatable bonds is 3. The largest absolute Gasteiger partial charge is 0.353 e. The first kappa shape index (κ1) is 13.9. The monoisotopic (exact) mass is 252 g/mol. The van der Waals surface area contributed by atoms with Crippen molar-refractivity contribution in [2.45, 2.75) is 64.3 Å². The van der Waals surface area contributed by atoms with Gasteiger partial charge in [-0.3, -0.25) is 4.79 Å². The van der Waals surface area contributed by atoms with E-state index in [1.54, 1.807) is 0 Å². The lowest BCUT2D eigenvalue weighted by Gasteiger charge is -2.27. The highest BCUT2D eigenvalue weighted by atomic mass is 16.2. The van der Waals surface area contributed by atoms with E-state index in [4.69, 9.17) is 0 Å². The second-order valence-corrected chi connectivity index (χ2v) is 6.09. The number of amides is 1. The van der Waals surface area contributed by atoms with Crippen molar-refractivity contribution in [2.75, 3.05) is 13.1 Å². The molecule has 2 rings (SSSR count). The molecule has 0 bridgehead atoms. The molecular weight excluding hydrogens is 224 g/mol. The van der Waals surface area contributed by atoms with Crippen LogP contribution in [0.4, 0.5) is 0 Å². The molecule has 1 saturated heterocycles. The van der Waals surface area contributed by atoms with Crippen LogP contribution in [0, 0.1) is 11.8 Å². The molecule has 2 N–H and O–H groups in total. The third kappa shape index (κ3) is 3.98. The van der Waals surface area contributed by atoms with Crippen LogP contribution < -0.4 is 10.6 Å². The van der Waals surface area contributed by atoms with Gasteiger partial charge in [0, 0.05) is 12.6 Å². The molecule has 0 unspecified atom stereocenters. The Kier molecular flexibility index (Phi) is 5.48. The number of nitrogens with one attached hydrogen (secondary N) is 2. The summed E-state index contributed by atoms with van der Waals surface area (Å²) in [5.41, 5.74) is 0. The minimum Gasteiger partial charge on any atom is -0.353 e. The first-order valence-electron chi connectivity index (χ1n) is 7.78. The molecule has 1 amide bonds. The third-order valence-corrected chi connectivity index (χ3v) is 4.64. The van der Waals surface area contributed by atoms with E-state index in [2.05, 4.69) is 17.6 Å². The van der Waals surface area contributed by atoms with Gasteiger partial charge in [-0.15, -0.1) is 0 Å². The van der Waals surface area contributed by atoms with Gasteiger partial charge in [-0.25, -0.2) is 0 Å². The van der Waals surface area contributed by atoms with E-state index in [1.807, 2.05) is 0 Å². The van der Waals surface area contributed by atoms with Crippen LogP contribution in [0.25, 0.3) is 0 Å². The fraction of sp³-hybridized carbons (Fsp3) is 0.933. The summed E-state index contributed by atoms with van der Waals surface area (Å²) in [6.07, 6.45) is 10.2. The third-order valence-electron chi connectivity index (χ3n) is 4.64. The first-order valence-corrected chi connectivity index (χ1v) is 7.78. The van der Waals surface area contributed by atoms with Crippen LogP contribution in [0.3, 0.4) is 0 Å². The van der Waals surface area contributed by atoms with Crippen molar-refractivity contribution in [1.82, 2.24) is 10.6 Å². The van der Waals surface area contributed by atoms with E-state index in [0.29, 0.717) is 12.0 Å². The van der Waals surface area contributed by atoms with Crippen LogP contribution in [-0.4, -0.2) is 25.0 Å². The topological polar surface area (TPSA) is 41.1 Å². The zero-order valence-electron chi connectivity index (χ0n) is 11.7. The maximum atomic E-state index is 12.2. The summed E-state index contributed by atoms with van der Waals surface area (Å²) in [4.78, 5) is 12.2. The van der Waals surface area contributed by atoms with Gasteiger partial charge in [0.2, 0.25) is 5.91 Å². The van der Waals surface area contributed by atoms with Crippen LogP contribution in [0.5, 0.6) is 0 Å². The summed E-state index contributed by atoms with van der Waals surface area (Å²) < 4.78 is 0. The Labute approximate surface area is 111 Å². The molecular formula is C15H28N2O. The maximum absolute atomic E-state index is 12.2.